The Labute approximate surface area is 423 Å². The van der Waals surface area contributed by atoms with Gasteiger partial charge in [0, 0.05) is 30.9 Å². The summed E-state index contributed by atoms with van der Waals surface area (Å²) in [6, 6.07) is 21.5. The first-order valence-corrected chi connectivity index (χ1v) is 27.0. The van der Waals surface area contributed by atoms with Gasteiger partial charge in [-0.2, -0.15) is 0 Å². The molecule has 0 radical (unpaired) electrons. The van der Waals surface area contributed by atoms with Crippen LogP contribution in [0.25, 0.3) is 17.0 Å². The van der Waals surface area contributed by atoms with E-state index in [1.807, 2.05) is 81.1 Å². The van der Waals surface area contributed by atoms with Crippen molar-refractivity contribution in [2.45, 2.75) is 122 Å². The van der Waals surface area contributed by atoms with Crippen LogP contribution >= 0.6 is 0 Å². The van der Waals surface area contributed by atoms with Crippen molar-refractivity contribution in [3.63, 3.8) is 0 Å². The van der Waals surface area contributed by atoms with Gasteiger partial charge in [0.25, 0.3) is 0 Å². The third-order valence-electron chi connectivity index (χ3n) is 14.6. The predicted octanol–water partition coefficient (Wildman–Crippen LogP) is 8.69. The molecule has 2 unspecified atom stereocenters. The molecule has 3 fully saturated rings. The van der Waals surface area contributed by atoms with Crippen molar-refractivity contribution in [3.05, 3.63) is 113 Å². The highest BCUT2D eigenvalue weighted by atomic mass is 32.2. The summed E-state index contributed by atoms with van der Waals surface area (Å²) in [5.74, 6) is -0.0741. The minimum absolute atomic E-state index is 0.0605. The number of allylic oxidation sites excluding steroid dienone is 1. The first-order valence-electron chi connectivity index (χ1n) is 25.2. The molecule has 0 aliphatic carbocycles. The van der Waals surface area contributed by atoms with Gasteiger partial charge in [-0.25, -0.2) is 23.0 Å². The van der Waals surface area contributed by atoms with E-state index in [-0.39, 0.29) is 52.7 Å². The molecule has 384 valence electrons. The van der Waals surface area contributed by atoms with E-state index in [0.29, 0.717) is 25.3 Å². The Morgan fingerprint density at radius 3 is 1.69 bits per heavy atom. The maximum Gasteiger partial charge on any atom is 0.407 e. The summed E-state index contributed by atoms with van der Waals surface area (Å²) in [5, 5.41) is 5.42. The topological polar surface area (TPSA) is 196 Å². The van der Waals surface area contributed by atoms with Gasteiger partial charge in [-0.3, -0.25) is 14.6 Å². The molecular weight excluding hydrogens is 933 g/mol. The molecule has 0 spiro atoms. The smallest absolute Gasteiger partial charge is 0.407 e. The van der Waals surface area contributed by atoms with Gasteiger partial charge in [0.05, 0.1) is 67.5 Å². The molecule has 1 aromatic heterocycles. The van der Waals surface area contributed by atoms with Crippen molar-refractivity contribution in [2.24, 2.45) is 16.8 Å². The van der Waals surface area contributed by atoms with Crippen molar-refractivity contribution in [1.82, 2.24) is 30.4 Å². The molecule has 72 heavy (non-hydrogen) atoms. The number of carbonyl (C=O) groups is 4. The van der Waals surface area contributed by atoms with Crippen molar-refractivity contribution in [1.29, 1.82) is 0 Å². The number of amides is 4. The molecule has 16 nitrogen and oxygen atoms in total. The second-order valence-corrected chi connectivity index (χ2v) is 23.4. The minimum atomic E-state index is -3.54. The lowest BCUT2D eigenvalue weighted by Crippen LogP contribution is -2.53. The van der Waals surface area contributed by atoms with Crippen LogP contribution in [0.5, 0.6) is 0 Å². The molecule has 3 saturated heterocycles. The second-order valence-electron chi connectivity index (χ2n) is 21.2. The monoisotopic (exact) mass is 1000 g/mol. The van der Waals surface area contributed by atoms with Crippen LogP contribution in [0, 0.1) is 11.8 Å². The van der Waals surface area contributed by atoms with Gasteiger partial charge in [-0.15, -0.1) is 0 Å². The third kappa shape index (κ3) is 11.1. The molecule has 3 aromatic carbocycles. The Balaban J connectivity index is 1.04. The number of benzene rings is 3. The van der Waals surface area contributed by atoms with Crippen LogP contribution in [-0.2, 0) is 34.3 Å². The average Bonchev–Trinajstić information content (AvgIpc) is 4.21. The van der Waals surface area contributed by atoms with Gasteiger partial charge in [0.2, 0.25) is 11.8 Å². The Kier molecular flexibility index (Phi) is 15.3. The number of alkyl carbamates (subject to hydrolysis) is 2. The van der Waals surface area contributed by atoms with Crippen LogP contribution in [0.3, 0.4) is 0 Å². The first-order chi connectivity index (χ1) is 34.3. The lowest BCUT2D eigenvalue weighted by molar-refractivity contribution is -0.135. The Morgan fingerprint density at radius 2 is 1.19 bits per heavy atom. The van der Waals surface area contributed by atoms with E-state index in [2.05, 4.69) is 71.6 Å². The number of sulfone groups is 1. The highest BCUT2D eigenvalue weighted by Crippen LogP contribution is 2.43. The number of H-pyrrole nitrogens is 1. The van der Waals surface area contributed by atoms with Crippen molar-refractivity contribution in [2.75, 3.05) is 43.7 Å². The quantitative estimate of drug-likeness (QED) is 0.117. The number of hydrogen-bond donors (Lipinski definition) is 3. The summed E-state index contributed by atoms with van der Waals surface area (Å²) in [4.78, 5) is 71.0. The number of ether oxygens (including phenoxy) is 2. The van der Waals surface area contributed by atoms with Crippen LogP contribution in [0.2, 0.25) is 0 Å². The molecule has 8 rings (SSSR count). The zero-order valence-electron chi connectivity index (χ0n) is 43.0. The predicted molar refractivity (Wildman–Crippen MR) is 279 cm³/mol. The number of carbonyl (C=O) groups excluding carboxylic acids is 4. The Hall–Kier alpha value is -6.49. The number of nitrogens with zero attached hydrogens (tertiary/aromatic N) is 5. The molecule has 4 aliphatic rings. The van der Waals surface area contributed by atoms with Crippen LogP contribution < -0.4 is 15.5 Å². The number of rotatable bonds is 13. The number of methoxy groups -OCH3 is 2. The molecule has 4 amide bonds. The number of nitrogens with one attached hydrogen (secondary N) is 3. The number of imidazole rings is 1. The maximum atomic E-state index is 14.1. The Bertz CT molecular complexity index is 2800. The normalized spacial score (nSPS) is 21.8. The summed E-state index contributed by atoms with van der Waals surface area (Å²) in [7, 11) is -0.977. The van der Waals surface area contributed by atoms with Crippen molar-refractivity contribution in [3.8, 4) is 11.3 Å². The highest BCUT2D eigenvalue weighted by molar-refractivity contribution is 7.91. The van der Waals surface area contributed by atoms with E-state index in [4.69, 9.17) is 19.5 Å². The van der Waals surface area contributed by atoms with Crippen molar-refractivity contribution >= 4 is 50.9 Å². The fraction of sp³-hybridized carbons (Fsp3) is 0.491. The molecule has 3 N–H and O–H groups in total. The fourth-order valence-corrected chi connectivity index (χ4v) is 12.4. The summed E-state index contributed by atoms with van der Waals surface area (Å²) in [6.45, 7) is 15.2. The van der Waals surface area contributed by atoms with Gasteiger partial charge in [0.1, 0.15) is 17.9 Å². The van der Waals surface area contributed by atoms with Gasteiger partial charge in [0.15, 0.2) is 9.84 Å². The summed E-state index contributed by atoms with van der Waals surface area (Å²) < 4.78 is 37.8. The van der Waals surface area contributed by atoms with Gasteiger partial charge < -0.3 is 39.8 Å². The molecule has 17 heteroatoms. The minimum Gasteiger partial charge on any atom is -0.453 e. The van der Waals surface area contributed by atoms with Crippen LogP contribution in [-0.4, -0.2) is 115 Å². The van der Waals surface area contributed by atoms with Crippen molar-refractivity contribution < 1.29 is 37.1 Å². The highest BCUT2D eigenvalue weighted by Gasteiger charge is 2.42. The first kappa shape index (κ1) is 51.9. The summed E-state index contributed by atoms with van der Waals surface area (Å²) >= 11 is 0. The van der Waals surface area contributed by atoms with Crippen LogP contribution in [0.1, 0.15) is 127 Å². The molecule has 0 bridgehead atoms. The standard InChI is InChI=1S/C55H70N8O8S/c1-33(2)48(59-53(66)70-8)51(64)61-28-10-12-44(61)42-27-26-41(57-42)35-14-18-37(19-15-35)46-31-72(68,69)32-47(63(46)40-24-22-39(23-25-40)55(5,6)7)38-20-16-36(17-21-38)43-30-56-50(58-43)45-13-11-29-62(45)52(65)49(34(3)4)60-54(67)71-9/h14-26,30,33-34,44-49H,10-13,27-29,31-32H2,1-9H3,(H,56,58)(H,59,66)(H,60,67)/t44-,45-,46?,47?,48-,49-/m0/s1. The largest absolute Gasteiger partial charge is 0.453 e. The molecule has 0 saturated carbocycles. The molecule has 6 atom stereocenters. The SMILES string of the molecule is COC(=O)N[C@H](C(=O)N1CCC[C@H]1C1=NC(c2ccc(C3CS(=O)(=O)CC(c4ccc(-c5cnc([C@@H]6CCCN6C(=O)[C@@H](NC(=O)OC)C(C)C)[nH]5)cc4)N3c3ccc(C(C)(C)C)cc3)cc2)=CC1)C(C)C. The lowest BCUT2D eigenvalue weighted by atomic mass is 9.87. The number of aliphatic imine (C=N–C) groups is 1. The van der Waals surface area contributed by atoms with Gasteiger partial charge in [-0.05, 0) is 82.9 Å². The Morgan fingerprint density at radius 1 is 0.694 bits per heavy atom. The molecule has 4 aliphatic heterocycles. The van der Waals surface area contributed by atoms with E-state index in [9.17, 15) is 27.6 Å². The molecule has 5 heterocycles. The van der Waals surface area contributed by atoms with Crippen LogP contribution in [0.15, 0.2) is 90.1 Å². The lowest BCUT2D eigenvalue weighted by Gasteiger charge is -2.44. The summed E-state index contributed by atoms with van der Waals surface area (Å²) in [5.41, 5.74) is 7.97. The number of aromatic amines is 1. The second kappa shape index (κ2) is 21.3. The third-order valence-corrected chi connectivity index (χ3v) is 16.3. The zero-order valence-corrected chi connectivity index (χ0v) is 43.8. The van der Waals surface area contributed by atoms with Crippen LogP contribution in [0.4, 0.5) is 15.3 Å². The number of aromatic nitrogens is 2. The molecule has 4 aromatic rings. The van der Waals surface area contributed by atoms with E-state index in [0.717, 1.165) is 70.7 Å². The fourth-order valence-electron chi connectivity index (χ4n) is 10.6. The zero-order chi connectivity index (χ0) is 51.6. The van der Waals surface area contributed by atoms with E-state index in [1.54, 1.807) is 11.1 Å². The van der Waals surface area contributed by atoms with Gasteiger partial charge >= 0.3 is 12.2 Å². The molecular formula is C55H70N8O8S. The number of likely N-dealkylation sites (tertiary alicyclic amines) is 2. The maximum absolute atomic E-state index is 14.1. The average molecular weight is 1000 g/mol. The number of anilines is 1. The number of hydrogen-bond acceptors (Lipinski definition) is 11. The van der Waals surface area contributed by atoms with E-state index in [1.165, 1.54) is 19.8 Å². The summed E-state index contributed by atoms with van der Waals surface area (Å²) in [6.07, 6.45) is 6.29. The van der Waals surface area contributed by atoms with E-state index < -0.39 is 46.2 Å². The van der Waals surface area contributed by atoms with Gasteiger partial charge in [-0.1, -0.05) is 115 Å². The van der Waals surface area contributed by atoms with E-state index >= 15 is 0 Å².